The fourth-order valence-electron chi connectivity index (χ4n) is 3.38. The Hall–Kier alpha value is -1.06. The van der Waals surface area contributed by atoms with Gasteiger partial charge in [0.2, 0.25) is 0 Å². The number of benzene rings is 1. The van der Waals surface area contributed by atoms with E-state index in [-0.39, 0.29) is 0 Å². The van der Waals surface area contributed by atoms with Gasteiger partial charge in [-0.15, -0.1) is 0 Å². The SMILES string of the molecule is CCNC(C)C1CCCCN1CCc1ccc(OC)cc1. The predicted molar refractivity (Wildman–Crippen MR) is 89.0 cm³/mol. The first-order valence-corrected chi connectivity index (χ1v) is 8.35. The van der Waals surface area contributed by atoms with Gasteiger partial charge in [-0.2, -0.15) is 0 Å². The minimum Gasteiger partial charge on any atom is -0.497 e. The first-order valence-electron chi connectivity index (χ1n) is 8.35. The second-order valence-corrected chi connectivity index (χ2v) is 6.04. The Morgan fingerprint density at radius 3 is 2.71 bits per heavy atom. The molecule has 0 aromatic heterocycles. The van der Waals surface area contributed by atoms with Gasteiger partial charge in [0, 0.05) is 18.6 Å². The van der Waals surface area contributed by atoms with Gasteiger partial charge in [0.1, 0.15) is 5.75 Å². The van der Waals surface area contributed by atoms with Crippen LogP contribution in [0.15, 0.2) is 24.3 Å². The number of likely N-dealkylation sites (N-methyl/N-ethyl adjacent to an activating group) is 1. The van der Waals surface area contributed by atoms with Crippen molar-refractivity contribution < 1.29 is 4.74 Å². The highest BCUT2D eigenvalue weighted by atomic mass is 16.5. The molecule has 3 nitrogen and oxygen atoms in total. The van der Waals surface area contributed by atoms with Crippen LogP contribution in [0, 0.1) is 0 Å². The van der Waals surface area contributed by atoms with Gasteiger partial charge in [0.05, 0.1) is 7.11 Å². The van der Waals surface area contributed by atoms with Crippen molar-refractivity contribution in [3.63, 3.8) is 0 Å². The molecule has 2 unspecified atom stereocenters. The molecule has 1 N–H and O–H groups in total. The van der Waals surface area contributed by atoms with E-state index in [2.05, 4.69) is 48.3 Å². The number of piperidine rings is 1. The minimum absolute atomic E-state index is 0.589. The number of nitrogens with one attached hydrogen (secondary N) is 1. The lowest BCUT2D eigenvalue weighted by Gasteiger charge is -2.39. The molecule has 0 bridgehead atoms. The fourth-order valence-corrected chi connectivity index (χ4v) is 3.38. The smallest absolute Gasteiger partial charge is 0.118 e. The lowest BCUT2D eigenvalue weighted by atomic mass is 9.95. The molecule has 21 heavy (non-hydrogen) atoms. The summed E-state index contributed by atoms with van der Waals surface area (Å²) in [5, 5.41) is 3.60. The van der Waals surface area contributed by atoms with E-state index in [4.69, 9.17) is 4.74 Å². The third kappa shape index (κ3) is 4.72. The average molecular weight is 290 g/mol. The normalized spacial score (nSPS) is 21.2. The van der Waals surface area contributed by atoms with Gasteiger partial charge in [-0.25, -0.2) is 0 Å². The summed E-state index contributed by atoms with van der Waals surface area (Å²) >= 11 is 0. The summed E-state index contributed by atoms with van der Waals surface area (Å²) in [7, 11) is 1.72. The zero-order valence-corrected chi connectivity index (χ0v) is 13.8. The van der Waals surface area contributed by atoms with E-state index in [1.165, 1.54) is 31.4 Å². The van der Waals surface area contributed by atoms with Gasteiger partial charge in [0.25, 0.3) is 0 Å². The van der Waals surface area contributed by atoms with E-state index in [0.717, 1.165) is 25.3 Å². The van der Waals surface area contributed by atoms with Gasteiger partial charge in [0.15, 0.2) is 0 Å². The van der Waals surface area contributed by atoms with E-state index < -0.39 is 0 Å². The molecular weight excluding hydrogens is 260 g/mol. The number of hydrogen-bond acceptors (Lipinski definition) is 3. The Morgan fingerprint density at radius 2 is 2.05 bits per heavy atom. The summed E-state index contributed by atoms with van der Waals surface area (Å²) < 4.78 is 5.22. The van der Waals surface area contributed by atoms with E-state index in [1.807, 2.05) is 0 Å². The van der Waals surface area contributed by atoms with Crippen LogP contribution in [0.2, 0.25) is 0 Å². The summed E-state index contributed by atoms with van der Waals surface area (Å²) in [6.07, 6.45) is 5.17. The number of hydrogen-bond donors (Lipinski definition) is 1. The highest BCUT2D eigenvalue weighted by Crippen LogP contribution is 2.20. The van der Waals surface area contributed by atoms with Crippen molar-refractivity contribution in [3.8, 4) is 5.75 Å². The molecule has 0 spiro atoms. The average Bonchev–Trinajstić information content (AvgIpc) is 2.54. The first kappa shape index (κ1) is 16.3. The molecule has 1 aromatic carbocycles. The molecule has 1 saturated heterocycles. The number of ether oxygens (including phenoxy) is 1. The third-order valence-electron chi connectivity index (χ3n) is 4.61. The van der Waals surface area contributed by atoms with E-state index in [1.54, 1.807) is 7.11 Å². The van der Waals surface area contributed by atoms with E-state index >= 15 is 0 Å². The van der Waals surface area contributed by atoms with Crippen LogP contribution in [-0.2, 0) is 6.42 Å². The molecule has 1 aliphatic heterocycles. The van der Waals surface area contributed by atoms with Crippen molar-refractivity contribution in [2.75, 3.05) is 26.7 Å². The van der Waals surface area contributed by atoms with E-state index in [9.17, 15) is 0 Å². The first-order chi connectivity index (χ1) is 10.2. The maximum absolute atomic E-state index is 5.22. The van der Waals surface area contributed by atoms with Crippen LogP contribution < -0.4 is 10.1 Å². The Morgan fingerprint density at radius 1 is 1.29 bits per heavy atom. The third-order valence-corrected chi connectivity index (χ3v) is 4.61. The highest BCUT2D eigenvalue weighted by molar-refractivity contribution is 5.27. The topological polar surface area (TPSA) is 24.5 Å². The van der Waals surface area contributed by atoms with Gasteiger partial charge >= 0.3 is 0 Å². The van der Waals surface area contributed by atoms with Crippen LogP contribution in [0.4, 0.5) is 0 Å². The number of methoxy groups -OCH3 is 1. The molecule has 0 radical (unpaired) electrons. The zero-order chi connectivity index (χ0) is 15.1. The van der Waals surface area contributed by atoms with Crippen LogP contribution in [0.1, 0.15) is 38.7 Å². The summed E-state index contributed by atoms with van der Waals surface area (Å²) in [6.45, 7) is 7.99. The number of rotatable bonds is 7. The molecule has 0 amide bonds. The fraction of sp³-hybridized carbons (Fsp3) is 0.667. The summed E-state index contributed by atoms with van der Waals surface area (Å²) in [4.78, 5) is 2.68. The van der Waals surface area contributed by atoms with Gasteiger partial charge in [-0.1, -0.05) is 25.5 Å². The molecule has 3 heteroatoms. The van der Waals surface area contributed by atoms with Crippen LogP contribution in [0.3, 0.4) is 0 Å². The molecule has 1 fully saturated rings. The Bertz CT molecular complexity index is 404. The molecule has 2 atom stereocenters. The molecule has 0 saturated carbocycles. The van der Waals surface area contributed by atoms with Crippen molar-refractivity contribution in [2.45, 2.75) is 51.6 Å². The molecule has 1 aromatic rings. The highest BCUT2D eigenvalue weighted by Gasteiger charge is 2.26. The molecule has 1 heterocycles. The van der Waals surface area contributed by atoms with Crippen molar-refractivity contribution >= 4 is 0 Å². The summed E-state index contributed by atoms with van der Waals surface area (Å²) in [5.74, 6) is 0.940. The molecule has 118 valence electrons. The van der Waals surface area contributed by atoms with Crippen LogP contribution in [0.25, 0.3) is 0 Å². The number of likely N-dealkylation sites (tertiary alicyclic amines) is 1. The maximum Gasteiger partial charge on any atom is 0.118 e. The van der Waals surface area contributed by atoms with Gasteiger partial charge in [-0.05, 0) is 57.0 Å². The molecule has 2 rings (SSSR count). The van der Waals surface area contributed by atoms with Crippen molar-refractivity contribution in [3.05, 3.63) is 29.8 Å². The van der Waals surface area contributed by atoms with Crippen molar-refractivity contribution in [2.24, 2.45) is 0 Å². The van der Waals surface area contributed by atoms with Crippen LogP contribution >= 0.6 is 0 Å². The molecular formula is C18H30N2O. The minimum atomic E-state index is 0.589. The van der Waals surface area contributed by atoms with Crippen LogP contribution in [-0.4, -0.2) is 43.7 Å². The standard InChI is InChI=1S/C18H30N2O/c1-4-19-15(2)18-7-5-6-13-20(18)14-12-16-8-10-17(21-3)11-9-16/h8-11,15,18-19H,4-7,12-14H2,1-3H3. The Kier molecular flexibility index (Phi) is 6.52. The maximum atomic E-state index is 5.22. The number of nitrogens with zero attached hydrogens (tertiary/aromatic N) is 1. The van der Waals surface area contributed by atoms with Crippen molar-refractivity contribution in [1.82, 2.24) is 10.2 Å². The van der Waals surface area contributed by atoms with Gasteiger partial charge < -0.3 is 10.1 Å². The van der Waals surface area contributed by atoms with Gasteiger partial charge in [-0.3, -0.25) is 4.90 Å². The lowest BCUT2D eigenvalue weighted by Crippen LogP contribution is -2.51. The predicted octanol–water partition coefficient (Wildman–Crippen LogP) is 3.09. The Balaban J connectivity index is 1.89. The van der Waals surface area contributed by atoms with Crippen LogP contribution in [0.5, 0.6) is 5.75 Å². The summed E-state index contributed by atoms with van der Waals surface area (Å²) in [6, 6.07) is 9.77. The lowest BCUT2D eigenvalue weighted by molar-refractivity contribution is 0.121. The van der Waals surface area contributed by atoms with Crippen molar-refractivity contribution in [1.29, 1.82) is 0 Å². The second-order valence-electron chi connectivity index (χ2n) is 6.04. The van der Waals surface area contributed by atoms with E-state index in [0.29, 0.717) is 12.1 Å². The molecule has 1 aliphatic rings. The summed E-state index contributed by atoms with van der Waals surface area (Å²) in [5.41, 5.74) is 1.40. The zero-order valence-electron chi connectivity index (χ0n) is 13.8. The quantitative estimate of drug-likeness (QED) is 0.835. The largest absolute Gasteiger partial charge is 0.497 e. The monoisotopic (exact) mass is 290 g/mol. The Labute approximate surface area is 129 Å². The second kappa shape index (κ2) is 8.40. The molecule has 0 aliphatic carbocycles.